The zero-order chi connectivity index (χ0) is 13.7. The molecule has 0 heterocycles. The Kier molecular flexibility index (Phi) is 3.86. The molecule has 0 radical (unpaired) electrons. The molecule has 2 aromatic rings. The first kappa shape index (κ1) is 12.7. The van der Waals surface area contributed by atoms with Gasteiger partial charge in [0, 0.05) is 11.3 Å². The topological polar surface area (TPSA) is 58.5 Å². The predicted molar refractivity (Wildman–Crippen MR) is 73.4 cm³/mol. The van der Waals surface area contributed by atoms with Crippen molar-refractivity contribution in [2.45, 2.75) is 6.92 Å². The highest BCUT2D eigenvalue weighted by atomic mass is 16.1. The number of anilines is 1. The summed E-state index contributed by atoms with van der Waals surface area (Å²) >= 11 is 0. The fourth-order valence-corrected chi connectivity index (χ4v) is 1.65. The van der Waals surface area contributed by atoms with E-state index >= 15 is 0 Å². The van der Waals surface area contributed by atoms with E-state index in [0.29, 0.717) is 11.3 Å². The molecule has 2 rings (SSSR count). The maximum Gasteiger partial charge on any atom is 0.255 e. The van der Waals surface area contributed by atoms with Crippen molar-refractivity contribution in [2.75, 3.05) is 5.32 Å². The van der Waals surface area contributed by atoms with E-state index in [1.54, 1.807) is 24.3 Å². The zero-order valence-electron chi connectivity index (χ0n) is 10.4. The Labute approximate surface area is 110 Å². The fourth-order valence-electron chi connectivity index (χ4n) is 1.65. The molecule has 0 atom stereocenters. The van der Waals surface area contributed by atoms with Crippen molar-refractivity contribution in [3.63, 3.8) is 0 Å². The highest BCUT2D eigenvalue weighted by Gasteiger charge is 2.06. The van der Waals surface area contributed by atoms with Gasteiger partial charge in [0.15, 0.2) is 0 Å². The minimum absolute atomic E-state index is 0.198. The molecule has 1 N–H and O–H groups in total. The maximum absolute atomic E-state index is 12.0. The number of carbonyl (C=O) groups is 1. The van der Waals surface area contributed by atoms with Crippen LogP contribution < -0.4 is 5.32 Å². The Morgan fingerprint density at radius 1 is 1.11 bits per heavy atom. The third-order valence-electron chi connectivity index (χ3n) is 2.70. The molecule has 4 heteroatoms. The second kappa shape index (κ2) is 5.76. The number of para-hydroxylation sites is 1. The van der Waals surface area contributed by atoms with Crippen molar-refractivity contribution in [3.8, 4) is 0 Å². The number of carbonyl (C=O) groups excluding carboxylic acids is 2. The molecule has 0 fully saturated rings. The lowest BCUT2D eigenvalue weighted by Gasteiger charge is -2.07. The van der Waals surface area contributed by atoms with Crippen LogP contribution >= 0.6 is 0 Å². The van der Waals surface area contributed by atoms with E-state index in [-0.39, 0.29) is 5.91 Å². The lowest BCUT2D eigenvalue weighted by molar-refractivity contribution is 0.102. The first-order valence-corrected chi connectivity index (χ1v) is 5.75. The van der Waals surface area contributed by atoms with Crippen molar-refractivity contribution in [1.29, 1.82) is 0 Å². The third kappa shape index (κ3) is 3.15. The summed E-state index contributed by atoms with van der Waals surface area (Å²) in [5.74, 6) is -0.198. The van der Waals surface area contributed by atoms with E-state index < -0.39 is 0 Å². The minimum atomic E-state index is -0.198. The molecule has 0 unspecified atom stereocenters. The highest BCUT2D eigenvalue weighted by molar-refractivity contribution is 6.04. The number of hydrogen-bond acceptors (Lipinski definition) is 3. The number of aliphatic imine (C=N–C) groups is 1. The predicted octanol–water partition coefficient (Wildman–Crippen LogP) is 3.21. The van der Waals surface area contributed by atoms with Gasteiger partial charge >= 0.3 is 0 Å². The van der Waals surface area contributed by atoms with Crippen molar-refractivity contribution in [2.24, 2.45) is 4.99 Å². The summed E-state index contributed by atoms with van der Waals surface area (Å²) in [5.41, 5.74) is 2.76. The Bertz CT molecular complexity index is 641. The number of nitrogens with one attached hydrogen (secondary N) is 1. The molecule has 0 saturated carbocycles. The largest absolute Gasteiger partial charge is 0.322 e. The Balaban J connectivity index is 2.16. The van der Waals surface area contributed by atoms with Gasteiger partial charge < -0.3 is 5.32 Å². The molecular formula is C15H12N2O2. The van der Waals surface area contributed by atoms with Crippen LogP contribution in [0.5, 0.6) is 0 Å². The quantitative estimate of drug-likeness (QED) is 0.673. The minimum Gasteiger partial charge on any atom is -0.322 e. The summed E-state index contributed by atoms with van der Waals surface area (Å²) < 4.78 is 0. The van der Waals surface area contributed by atoms with Crippen LogP contribution in [0.4, 0.5) is 11.4 Å². The number of isocyanates is 1. The lowest BCUT2D eigenvalue weighted by Crippen LogP contribution is -2.12. The standard InChI is InChI=1S/C15H12N2O2/c1-11-4-2-3-5-14(11)17-15(19)12-6-8-13(9-7-12)16-10-18/h2-9H,1H3,(H,17,19). The number of benzene rings is 2. The van der Waals surface area contributed by atoms with Gasteiger partial charge in [0.1, 0.15) is 0 Å². The van der Waals surface area contributed by atoms with Crippen LogP contribution in [0.15, 0.2) is 53.5 Å². The number of aryl methyl sites for hydroxylation is 1. The van der Waals surface area contributed by atoms with Gasteiger partial charge in [-0.3, -0.25) is 4.79 Å². The van der Waals surface area contributed by atoms with Crippen molar-refractivity contribution < 1.29 is 9.59 Å². The van der Waals surface area contributed by atoms with Gasteiger partial charge in [-0.25, -0.2) is 4.79 Å². The molecule has 0 saturated heterocycles. The number of nitrogens with zero attached hydrogens (tertiary/aromatic N) is 1. The molecule has 0 bridgehead atoms. The Morgan fingerprint density at radius 2 is 1.79 bits per heavy atom. The second-order valence-corrected chi connectivity index (χ2v) is 4.02. The number of amides is 1. The Hall–Kier alpha value is -2.71. The summed E-state index contributed by atoms with van der Waals surface area (Å²) in [4.78, 5) is 25.6. The molecule has 0 aliphatic rings. The average Bonchev–Trinajstić information content (AvgIpc) is 2.42. The fraction of sp³-hybridized carbons (Fsp3) is 0.0667. The second-order valence-electron chi connectivity index (χ2n) is 4.02. The molecule has 0 aliphatic carbocycles. The molecule has 2 aromatic carbocycles. The summed E-state index contributed by atoms with van der Waals surface area (Å²) in [5, 5.41) is 2.83. The van der Waals surface area contributed by atoms with E-state index in [4.69, 9.17) is 0 Å². The van der Waals surface area contributed by atoms with Crippen LogP contribution in [0.3, 0.4) is 0 Å². The molecule has 0 spiro atoms. The number of hydrogen-bond donors (Lipinski definition) is 1. The van der Waals surface area contributed by atoms with Crippen molar-refractivity contribution >= 4 is 23.4 Å². The first-order chi connectivity index (χ1) is 9.20. The lowest BCUT2D eigenvalue weighted by atomic mass is 10.1. The smallest absolute Gasteiger partial charge is 0.255 e. The van der Waals surface area contributed by atoms with Crippen LogP contribution in [-0.4, -0.2) is 12.0 Å². The van der Waals surface area contributed by atoms with Crippen LogP contribution in [-0.2, 0) is 4.79 Å². The monoisotopic (exact) mass is 252 g/mol. The van der Waals surface area contributed by atoms with Crippen LogP contribution in [0.2, 0.25) is 0 Å². The van der Waals surface area contributed by atoms with Crippen molar-refractivity contribution in [1.82, 2.24) is 0 Å². The van der Waals surface area contributed by atoms with E-state index in [9.17, 15) is 9.59 Å². The molecule has 4 nitrogen and oxygen atoms in total. The van der Waals surface area contributed by atoms with Gasteiger partial charge in [0.05, 0.1) is 5.69 Å². The van der Waals surface area contributed by atoms with Gasteiger partial charge in [-0.15, -0.1) is 0 Å². The highest BCUT2D eigenvalue weighted by Crippen LogP contribution is 2.16. The van der Waals surface area contributed by atoms with Crippen LogP contribution in [0.25, 0.3) is 0 Å². The van der Waals surface area contributed by atoms with Gasteiger partial charge in [0.25, 0.3) is 5.91 Å². The molecular weight excluding hydrogens is 240 g/mol. The van der Waals surface area contributed by atoms with Gasteiger partial charge in [0.2, 0.25) is 6.08 Å². The van der Waals surface area contributed by atoms with Gasteiger partial charge in [-0.05, 0) is 42.8 Å². The summed E-state index contributed by atoms with van der Waals surface area (Å²) in [6.07, 6.45) is 1.45. The third-order valence-corrected chi connectivity index (χ3v) is 2.70. The number of rotatable bonds is 3. The summed E-state index contributed by atoms with van der Waals surface area (Å²) in [6, 6.07) is 14.0. The van der Waals surface area contributed by atoms with Crippen LogP contribution in [0, 0.1) is 6.92 Å². The Morgan fingerprint density at radius 3 is 2.42 bits per heavy atom. The summed E-state index contributed by atoms with van der Waals surface area (Å²) in [6.45, 7) is 1.93. The molecule has 94 valence electrons. The van der Waals surface area contributed by atoms with E-state index in [1.807, 2.05) is 31.2 Å². The molecule has 0 aromatic heterocycles. The van der Waals surface area contributed by atoms with E-state index in [2.05, 4.69) is 10.3 Å². The van der Waals surface area contributed by atoms with Gasteiger partial charge in [-0.1, -0.05) is 18.2 Å². The van der Waals surface area contributed by atoms with Crippen LogP contribution in [0.1, 0.15) is 15.9 Å². The first-order valence-electron chi connectivity index (χ1n) is 5.75. The van der Waals surface area contributed by atoms with Crippen molar-refractivity contribution in [3.05, 3.63) is 59.7 Å². The maximum atomic E-state index is 12.0. The average molecular weight is 252 g/mol. The zero-order valence-corrected chi connectivity index (χ0v) is 10.4. The SMILES string of the molecule is Cc1ccccc1NC(=O)c1ccc(N=C=O)cc1. The molecule has 19 heavy (non-hydrogen) atoms. The molecule has 1 amide bonds. The van der Waals surface area contributed by atoms with E-state index in [1.165, 1.54) is 6.08 Å². The summed E-state index contributed by atoms with van der Waals surface area (Å²) in [7, 11) is 0. The molecule has 0 aliphatic heterocycles. The van der Waals surface area contributed by atoms with Gasteiger partial charge in [-0.2, -0.15) is 4.99 Å². The normalized spacial score (nSPS) is 9.53. The van der Waals surface area contributed by atoms with E-state index in [0.717, 1.165) is 11.3 Å².